The van der Waals surface area contributed by atoms with Gasteiger partial charge in [0, 0.05) is 12.7 Å². The van der Waals surface area contributed by atoms with E-state index in [1.807, 2.05) is 19.0 Å². The Morgan fingerprint density at radius 2 is 2.31 bits per heavy atom. The van der Waals surface area contributed by atoms with Crippen LogP contribution in [0.15, 0.2) is 18.5 Å². The Morgan fingerprint density at radius 3 is 2.94 bits per heavy atom. The van der Waals surface area contributed by atoms with Gasteiger partial charge in [0.05, 0.1) is 11.8 Å². The van der Waals surface area contributed by atoms with Gasteiger partial charge in [-0.25, -0.2) is 4.39 Å². The Labute approximate surface area is 94.5 Å². The van der Waals surface area contributed by atoms with Crippen molar-refractivity contribution in [3.8, 4) is 0 Å². The predicted molar refractivity (Wildman–Crippen MR) is 59.7 cm³/mol. The van der Waals surface area contributed by atoms with E-state index in [1.165, 1.54) is 12.3 Å². The Morgan fingerprint density at radius 1 is 1.56 bits per heavy atom. The number of hydrogen-bond donors (Lipinski definition) is 1. The van der Waals surface area contributed by atoms with Crippen molar-refractivity contribution in [2.24, 2.45) is 0 Å². The summed E-state index contributed by atoms with van der Waals surface area (Å²) >= 11 is 0. The minimum Gasteiger partial charge on any atom is -0.352 e. The van der Waals surface area contributed by atoms with Crippen LogP contribution in [0.2, 0.25) is 0 Å². The van der Waals surface area contributed by atoms with Crippen molar-refractivity contribution in [2.75, 3.05) is 27.2 Å². The Kier molecular flexibility index (Phi) is 4.85. The van der Waals surface area contributed by atoms with Crippen molar-refractivity contribution in [3.05, 3.63) is 29.8 Å². The van der Waals surface area contributed by atoms with Gasteiger partial charge >= 0.3 is 0 Å². The average Bonchev–Trinajstić information content (AvgIpc) is 2.24. The molecule has 16 heavy (non-hydrogen) atoms. The molecule has 1 rings (SSSR count). The number of hydrogen-bond acceptors (Lipinski definition) is 3. The molecule has 0 radical (unpaired) electrons. The van der Waals surface area contributed by atoms with Crippen molar-refractivity contribution in [1.29, 1.82) is 0 Å². The van der Waals surface area contributed by atoms with E-state index in [4.69, 9.17) is 0 Å². The summed E-state index contributed by atoms with van der Waals surface area (Å²) in [7, 11) is 3.93. The smallest absolute Gasteiger partial charge is 0.254 e. The Hall–Kier alpha value is -1.49. The molecular formula is C11H16FN3O. The molecule has 0 bridgehead atoms. The molecule has 0 aliphatic carbocycles. The van der Waals surface area contributed by atoms with Gasteiger partial charge in [0.1, 0.15) is 0 Å². The van der Waals surface area contributed by atoms with E-state index in [1.54, 1.807) is 0 Å². The Balaban J connectivity index is 2.39. The number of aromatic nitrogens is 1. The van der Waals surface area contributed by atoms with Crippen LogP contribution in [0, 0.1) is 5.82 Å². The van der Waals surface area contributed by atoms with Crippen LogP contribution in [-0.2, 0) is 0 Å². The number of pyridine rings is 1. The van der Waals surface area contributed by atoms with Gasteiger partial charge in [-0.15, -0.1) is 0 Å². The van der Waals surface area contributed by atoms with Crippen LogP contribution in [0.25, 0.3) is 0 Å². The summed E-state index contributed by atoms with van der Waals surface area (Å²) in [4.78, 5) is 17.1. The third kappa shape index (κ3) is 3.94. The van der Waals surface area contributed by atoms with Crippen molar-refractivity contribution >= 4 is 5.91 Å². The predicted octanol–water partition coefficient (Wildman–Crippen LogP) is 0.902. The molecule has 1 heterocycles. The number of nitrogens with one attached hydrogen (secondary N) is 1. The van der Waals surface area contributed by atoms with Gasteiger partial charge in [-0.05, 0) is 33.1 Å². The van der Waals surface area contributed by atoms with Gasteiger partial charge in [-0.1, -0.05) is 0 Å². The minimum absolute atomic E-state index is 0.0415. The Bertz CT molecular complexity index is 355. The van der Waals surface area contributed by atoms with Gasteiger partial charge < -0.3 is 10.2 Å². The maximum atomic E-state index is 13.1. The lowest BCUT2D eigenvalue weighted by Crippen LogP contribution is -2.27. The molecule has 0 saturated carbocycles. The van der Waals surface area contributed by atoms with Gasteiger partial charge in [0.2, 0.25) is 0 Å². The van der Waals surface area contributed by atoms with Crippen LogP contribution in [0.3, 0.4) is 0 Å². The normalized spacial score (nSPS) is 10.5. The SMILES string of the molecule is CN(C)CCCNC(=O)c1ccncc1F. The molecule has 0 aromatic carbocycles. The molecular weight excluding hydrogens is 209 g/mol. The molecule has 0 saturated heterocycles. The van der Waals surface area contributed by atoms with Crippen molar-refractivity contribution in [3.63, 3.8) is 0 Å². The molecule has 5 heteroatoms. The van der Waals surface area contributed by atoms with E-state index in [9.17, 15) is 9.18 Å². The van der Waals surface area contributed by atoms with Gasteiger partial charge in [-0.2, -0.15) is 0 Å². The summed E-state index contributed by atoms with van der Waals surface area (Å²) in [6.07, 6.45) is 3.28. The highest BCUT2D eigenvalue weighted by molar-refractivity contribution is 5.94. The topological polar surface area (TPSA) is 45.2 Å². The molecule has 1 amide bonds. The average molecular weight is 225 g/mol. The molecule has 0 fully saturated rings. The van der Waals surface area contributed by atoms with Gasteiger partial charge in [0.25, 0.3) is 5.91 Å². The fraction of sp³-hybridized carbons (Fsp3) is 0.455. The van der Waals surface area contributed by atoms with Crippen LogP contribution >= 0.6 is 0 Å². The second-order valence-electron chi connectivity index (χ2n) is 3.77. The summed E-state index contributed by atoms with van der Waals surface area (Å²) in [5.41, 5.74) is 0.0415. The van der Waals surface area contributed by atoms with Crippen LogP contribution in [0.4, 0.5) is 4.39 Å². The zero-order valence-electron chi connectivity index (χ0n) is 9.53. The summed E-state index contributed by atoms with van der Waals surface area (Å²) in [6, 6.07) is 1.37. The standard InChI is InChI=1S/C11H16FN3O/c1-15(2)7-3-5-14-11(16)9-4-6-13-8-10(9)12/h4,6,8H,3,5,7H2,1-2H3,(H,14,16). The van der Waals surface area contributed by atoms with E-state index in [-0.39, 0.29) is 5.56 Å². The monoisotopic (exact) mass is 225 g/mol. The maximum Gasteiger partial charge on any atom is 0.254 e. The van der Waals surface area contributed by atoms with E-state index < -0.39 is 11.7 Å². The van der Waals surface area contributed by atoms with Crippen molar-refractivity contribution < 1.29 is 9.18 Å². The quantitative estimate of drug-likeness (QED) is 0.757. The van der Waals surface area contributed by atoms with Crippen LogP contribution in [-0.4, -0.2) is 43.0 Å². The highest BCUT2D eigenvalue weighted by atomic mass is 19.1. The maximum absolute atomic E-state index is 13.1. The number of carbonyl (C=O) groups excluding carboxylic acids is 1. The first-order valence-electron chi connectivity index (χ1n) is 5.13. The lowest BCUT2D eigenvalue weighted by Gasteiger charge is -2.09. The third-order valence-electron chi connectivity index (χ3n) is 2.08. The van der Waals surface area contributed by atoms with Crippen molar-refractivity contribution in [2.45, 2.75) is 6.42 Å². The summed E-state index contributed by atoms with van der Waals surface area (Å²) in [6.45, 7) is 1.43. The molecule has 88 valence electrons. The number of amides is 1. The summed E-state index contributed by atoms with van der Waals surface area (Å²) < 4.78 is 13.1. The molecule has 0 aliphatic rings. The largest absolute Gasteiger partial charge is 0.352 e. The van der Waals surface area contributed by atoms with Crippen LogP contribution in [0.1, 0.15) is 16.8 Å². The second kappa shape index (κ2) is 6.17. The van der Waals surface area contributed by atoms with E-state index >= 15 is 0 Å². The van der Waals surface area contributed by atoms with Gasteiger partial charge in [-0.3, -0.25) is 9.78 Å². The van der Waals surface area contributed by atoms with Crippen LogP contribution in [0.5, 0.6) is 0 Å². The summed E-state index contributed by atoms with van der Waals surface area (Å²) in [5.74, 6) is -0.980. The molecule has 4 nitrogen and oxygen atoms in total. The molecule has 1 aromatic heterocycles. The number of rotatable bonds is 5. The summed E-state index contributed by atoms with van der Waals surface area (Å²) in [5, 5.41) is 2.66. The second-order valence-corrected chi connectivity index (χ2v) is 3.77. The highest BCUT2D eigenvalue weighted by Crippen LogP contribution is 2.03. The van der Waals surface area contributed by atoms with E-state index in [0.717, 1.165) is 19.2 Å². The molecule has 0 atom stereocenters. The fourth-order valence-electron chi connectivity index (χ4n) is 1.25. The molecule has 1 aromatic rings. The fourth-order valence-corrected chi connectivity index (χ4v) is 1.25. The number of halogens is 1. The number of nitrogens with zero attached hydrogens (tertiary/aromatic N) is 2. The molecule has 0 spiro atoms. The zero-order chi connectivity index (χ0) is 12.0. The molecule has 0 aliphatic heterocycles. The zero-order valence-corrected chi connectivity index (χ0v) is 9.53. The van der Waals surface area contributed by atoms with E-state index in [0.29, 0.717) is 6.54 Å². The minimum atomic E-state index is -0.590. The molecule has 1 N–H and O–H groups in total. The highest BCUT2D eigenvalue weighted by Gasteiger charge is 2.09. The first kappa shape index (κ1) is 12.6. The third-order valence-corrected chi connectivity index (χ3v) is 2.08. The lowest BCUT2D eigenvalue weighted by atomic mass is 10.2. The van der Waals surface area contributed by atoms with Crippen LogP contribution < -0.4 is 5.32 Å². The number of carbonyl (C=O) groups is 1. The van der Waals surface area contributed by atoms with E-state index in [2.05, 4.69) is 10.3 Å². The first-order valence-corrected chi connectivity index (χ1v) is 5.13. The lowest BCUT2D eigenvalue weighted by molar-refractivity contribution is 0.0948. The van der Waals surface area contributed by atoms with Crippen molar-refractivity contribution in [1.82, 2.24) is 15.2 Å². The van der Waals surface area contributed by atoms with Gasteiger partial charge in [0.15, 0.2) is 5.82 Å². The molecule has 0 unspecified atom stereocenters. The first-order chi connectivity index (χ1) is 7.61.